The zero-order valence-electron chi connectivity index (χ0n) is 16.2. The van der Waals surface area contributed by atoms with Gasteiger partial charge in [0, 0.05) is 16.3 Å². The highest BCUT2D eigenvalue weighted by molar-refractivity contribution is 6.30. The molecule has 0 aliphatic carbocycles. The summed E-state index contributed by atoms with van der Waals surface area (Å²) in [7, 11) is 0. The first kappa shape index (κ1) is 19.0. The maximum atomic E-state index is 12.9. The van der Waals surface area contributed by atoms with Gasteiger partial charge < -0.3 is 5.32 Å². The first-order valence-electron chi connectivity index (χ1n) is 9.57. The minimum Gasteiger partial charge on any atom is -0.324 e. The second-order valence-electron chi connectivity index (χ2n) is 7.03. The summed E-state index contributed by atoms with van der Waals surface area (Å²) in [5, 5.41) is 14.0. The molecular formula is C23H16ClN5O2. The highest BCUT2D eigenvalue weighted by Gasteiger charge is 2.14. The first-order chi connectivity index (χ1) is 15.1. The van der Waals surface area contributed by atoms with Gasteiger partial charge >= 0.3 is 0 Å². The van der Waals surface area contributed by atoms with Crippen LogP contribution in [0.4, 0.5) is 5.69 Å². The van der Waals surface area contributed by atoms with Crippen LogP contribution in [0.3, 0.4) is 0 Å². The van der Waals surface area contributed by atoms with Crippen LogP contribution >= 0.6 is 11.6 Å². The van der Waals surface area contributed by atoms with Crippen LogP contribution in [0.15, 0.2) is 83.9 Å². The molecule has 1 amide bonds. The fourth-order valence-corrected chi connectivity index (χ4v) is 3.63. The van der Waals surface area contributed by atoms with Crippen molar-refractivity contribution in [2.45, 2.75) is 6.54 Å². The molecule has 31 heavy (non-hydrogen) atoms. The van der Waals surface area contributed by atoms with Crippen LogP contribution in [0, 0.1) is 0 Å². The van der Waals surface area contributed by atoms with Gasteiger partial charge in [-0.05, 0) is 41.1 Å². The van der Waals surface area contributed by atoms with Crippen molar-refractivity contribution in [2.24, 2.45) is 0 Å². The number of halogens is 1. The van der Waals surface area contributed by atoms with Crippen molar-refractivity contribution in [3.8, 4) is 11.3 Å². The molecule has 152 valence electrons. The Morgan fingerprint density at radius 2 is 1.77 bits per heavy atom. The summed E-state index contributed by atoms with van der Waals surface area (Å²) in [5.41, 5.74) is 2.13. The van der Waals surface area contributed by atoms with E-state index < -0.39 is 5.56 Å². The second kappa shape index (κ2) is 7.70. The Balaban J connectivity index is 1.47. The topological polar surface area (TPSA) is 81.3 Å². The summed E-state index contributed by atoms with van der Waals surface area (Å²) in [6.07, 6.45) is 1.43. The van der Waals surface area contributed by atoms with Gasteiger partial charge in [-0.1, -0.05) is 54.1 Å². The second-order valence-corrected chi connectivity index (χ2v) is 7.47. The quantitative estimate of drug-likeness (QED) is 0.468. The SMILES string of the molecule is O=C(Cn1ncn2nc(-c3cccc4ccccc34)cc2c1=O)Nc1ccc(Cl)cc1. The standard InChI is InChI=1S/C23H16ClN5O2/c24-16-8-10-17(11-9-16)26-22(30)13-28-23(31)21-12-20(27-29(21)14-25-28)19-7-3-5-15-4-1-2-6-18(15)19/h1-12,14H,13H2,(H,26,30). The molecule has 0 saturated carbocycles. The molecule has 2 aromatic heterocycles. The van der Waals surface area contributed by atoms with E-state index in [1.807, 2.05) is 42.5 Å². The molecular weight excluding hydrogens is 414 g/mol. The molecule has 3 aromatic carbocycles. The maximum absolute atomic E-state index is 12.9. The van der Waals surface area contributed by atoms with E-state index >= 15 is 0 Å². The van der Waals surface area contributed by atoms with Crippen LogP contribution in [0.25, 0.3) is 27.5 Å². The van der Waals surface area contributed by atoms with Gasteiger partial charge in [-0.2, -0.15) is 10.2 Å². The first-order valence-corrected chi connectivity index (χ1v) is 9.95. The lowest BCUT2D eigenvalue weighted by molar-refractivity contribution is -0.117. The molecule has 0 saturated heterocycles. The van der Waals surface area contributed by atoms with Crippen molar-refractivity contribution in [3.63, 3.8) is 0 Å². The van der Waals surface area contributed by atoms with Crippen molar-refractivity contribution in [3.05, 3.63) is 94.5 Å². The predicted molar refractivity (Wildman–Crippen MR) is 120 cm³/mol. The van der Waals surface area contributed by atoms with Gasteiger partial charge in [-0.15, -0.1) is 0 Å². The van der Waals surface area contributed by atoms with E-state index in [9.17, 15) is 9.59 Å². The van der Waals surface area contributed by atoms with Crippen LogP contribution in [-0.2, 0) is 11.3 Å². The van der Waals surface area contributed by atoms with Crippen molar-refractivity contribution in [1.29, 1.82) is 0 Å². The molecule has 0 aliphatic rings. The number of nitrogens with zero attached hydrogens (tertiary/aromatic N) is 4. The fourth-order valence-electron chi connectivity index (χ4n) is 3.50. The van der Waals surface area contributed by atoms with Gasteiger partial charge in [0.05, 0.1) is 5.69 Å². The van der Waals surface area contributed by atoms with Crippen molar-refractivity contribution < 1.29 is 4.79 Å². The summed E-state index contributed by atoms with van der Waals surface area (Å²) in [4.78, 5) is 25.3. The normalized spacial score (nSPS) is 11.1. The van der Waals surface area contributed by atoms with E-state index in [0.717, 1.165) is 21.0 Å². The maximum Gasteiger partial charge on any atom is 0.293 e. The monoisotopic (exact) mass is 429 g/mol. The molecule has 0 bridgehead atoms. The number of nitrogens with one attached hydrogen (secondary N) is 1. The number of aromatic nitrogens is 4. The van der Waals surface area contributed by atoms with E-state index in [4.69, 9.17) is 11.6 Å². The van der Waals surface area contributed by atoms with Crippen LogP contribution in [-0.4, -0.2) is 25.3 Å². The third kappa shape index (κ3) is 3.67. The third-order valence-electron chi connectivity index (χ3n) is 4.98. The highest BCUT2D eigenvalue weighted by Crippen LogP contribution is 2.27. The largest absolute Gasteiger partial charge is 0.324 e. The average molecular weight is 430 g/mol. The zero-order chi connectivity index (χ0) is 21.4. The number of fused-ring (bicyclic) bond motifs is 2. The van der Waals surface area contributed by atoms with Crippen molar-refractivity contribution in [2.75, 3.05) is 5.32 Å². The molecule has 2 heterocycles. The molecule has 0 fully saturated rings. The molecule has 0 unspecified atom stereocenters. The minimum atomic E-state index is -0.396. The van der Waals surface area contributed by atoms with E-state index in [0.29, 0.717) is 21.9 Å². The summed E-state index contributed by atoms with van der Waals surface area (Å²) < 4.78 is 2.56. The average Bonchev–Trinajstić information content (AvgIpc) is 3.22. The molecule has 0 spiro atoms. The fraction of sp³-hybridized carbons (Fsp3) is 0.0435. The van der Waals surface area contributed by atoms with Gasteiger partial charge in [0.15, 0.2) is 0 Å². The van der Waals surface area contributed by atoms with Crippen LogP contribution in [0.1, 0.15) is 0 Å². The molecule has 5 aromatic rings. The Morgan fingerprint density at radius 3 is 2.61 bits per heavy atom. The summed E-state index contributed by atoms with van der Waals surface area (Å²) >= 11 is 5.86. The summed E-state index contributed by atoms with van der Waals surface area (Å²) in [5.74, 6) is -0.366. The lowest BCUT2D eigenvalue weighted by Crippen LogP contribution is -2.30. The Kier molecular flexibility index (Phi) is 4.72. The number of benzene rings is 3. The molecule has 0 radical (unpaired) electrons. The van der Waals surface area contributed by atoms with Crippen LogP contribution < -0.4 is 10.9 Å². The van der Waals surface area contributed by atoms with Gasteiger partial charge in [0.25, 0.3) is 5.56 Å². The molecule has 1 N–H and O–H groups in total. The smallest absolute Gasteiger partial charge is 0.293 e. The van der Waals surface area contributed by atoms with Crippen molar-refractivity contribution >= 4 is 39.5 Å². The van der Waals surface area contributed by atoms with Crippen molar-refractivity contribution in [1.82, 2.24) is 19.4 Å². The van der Waals surface area contributed by atoms with E-state index in [1.54, 1.807) is 30.3 Å². The number of carbonyl (C=O) groups excluding carboxylic acids is 1. The minimum absolute atomic E-state index is 0.216. The van der Waals surface area contributed by atoms with Crippen LogP contribution in [0.5, 0.6) is 0 Å². The number of amides is 1. The lowest BCUT2D eigenvalue weighted by Gasteiger charge is -2.06. The molecule has 5 rings (SSSR count). The van der Waals surface area contributed by atoms with E-state index in [-0.39, 0.29) is 12.5 Å². The lowest BCUT2D eigenvalue weighted by atomic mass is 10.0. The van der Waals surface area contributed by atoms with Gasteiger partial charge in [-0.25, -0.2) is 9.20 Å². The molecule has 0 atom stereocenters. The van der Waals surface area contributed by atoms with Gasteiger partial charge in [0.1, 0.15) is 18.4 Å². The van der Waals surface area contributed by atoms with E-state index in [1.165, 1.54) is 10.8 Å². The Bertz CT molecular complexity index is 1480. The number of hydrogen-bond donors (Lipinski definition) is 1. The number of carbonyl (C=O) groups is 1. The molecule has 0 aliphatic heterocycles. The van der Waals surface area contributed by atoms with Gasteiger partial charge in [-0.3, -0.25) is 9.59 Å². The highest BCUT2D eigenvalue weighted by atomic mass is 35.5. The molecule has 8 heteroatoms. The number of rotatable bonds is 4. The summed E-state index contributed by atoms with van der Waals surface area (Å²) in [6.45, 7) is -0.216. The molecule has 7 nitrogen and oxygen atoms in total. The van der Waals surface area contributed by atoms with Crippen LogP contribution in [0.2, 0.25) is 5.02 Å². The Hall–Kier alpha value is -3.97. The summed E-state index contributed by atoms with van der Waals surface area (Å²) in [6, 6.07) is 22.4. The third-order valence-corrected chi connectivity index (χ3v) is 5.23. The Morgan fingerprint density at radius 1 is 1.00 bits per heavy atom. The van der Waals surface area contributed by atoms with Gasteiger partial charge in [0.2, 0.25) is 5.91 Å². The van der Waals surface area contributed by atoms with E-state index in [2.05, 4.69) is 15.5 Å². The number of anilines is 1. The predicted octanol–water partition coefficient (Wildman–Crippen LogP) is 4.00. The number of hydrogen-bond acceptors (Lipinski definition) is 4. The zero-order valence-corrected chi connectivity index (χ0v) is 17.0. The Labute approximate surface area is 181 Å².